The van der Waals surface area contributed by atoms with Crippen LogP contribution >= 0.6 is 0 Å². The molecule has 2 aliphatic carbocycles. The zero-order valence-corrected chi connectivity index (χ0v) is 16.7. The first-order valence-electron chi connectivity index (χ1n) is 10.6. The van der Waals surface area contributed by atoms with Gasteiger partial charge in [0.15, 0.2) is 5.69 Å². The molecule has 29 heavy (non-hydrogen) atoms. The first-order chi connectivity index (χ1) is 14.2. The highest BCUT2D eigenvalue weighted by Gasteiger charge is 2.31. The van der Waals surface area contributed by atoms with Gasteiger partial charge in [0.2, 0.25) is 0 Å². The van der Waals surface area contributed by atoms with Crippen LogP contribution in [0.2, 0.25) is 0 Å². The van der Waals surface area contributed by atoms with Crippen LogP contribution in [0.3, 0.4) is 0 Å². The molecule has 0 spiro atoms. The van der Waals surface area contributed by atoms with Crippen molar-refractivity contribution < 1.29 is 14.1 Å². The molecule has 0 saturated heterocycles. The molecule has 1 heterocycles. The second-order valence-corrected chi connectivity index (χ2v) is 8.18. The van der Waals surface area contributed by atoms with Crippen molar-refractivity contribution in [2.45, 2.75) is 63.5 Å². The smallest absolute Gasteiger partial charge is 0.273 e. The molecule has 4 rings (SSSR count). The van der Waals surface area contributed by atoms with E-state index >= 15 is 0 Å². The van der Waals surface area contributed by atoms with Gasteiger partial charge in [-0.2, -0.15) is 0 Å². The van der Waals surface area contributed by atoms with Crippen LogP contribution in [-0.4, -0.2) is 17.7 Å². The minimum atomic E-state index is -0.162. The fourth-order valence-electron chi connectivity index (χ4n) is 4.22. The summed E-state index contributed by atoms with van der Waals surface area (Å²) in [5, 5.41) is 7.26. The molecule has 2 aromatic rings. The van der Waals surface area contributed by atoms with Gasteiger partial charge >= 0.3 is 0 Å². The van der Waals surface area contributed by atoms with Crippen molar-refractivity contribution in [1.29, 1.82) is 0 Å². The second-order valence-electron chi connectivity index (χ2n) is 8.18. The molecule has 1 atom stereocenters. The number of nitrogens with one attached hydrogen (secondary N) is 1. The Morgan fingerprint density at radius 2 is 2.07 bits per heavy atom. The van der Waals surface area contributed by atoms with E-state index in [1.807, 2.05) is 12.1 Å². The molecule has 152 valence electrons. The molecule has 5 nitrogen and oxygen atoms in total. The predicted octanol–water partition coefficient (Wildman–Crippen LogP) is 4.75. The Morgan fingerprint density at radius 3 is 2.83 bits per heavy atom. The highest BCUT2D eigenvalue weighted by atomic mass is 16.5. The summed E-state index contributed by atoms with van der Waals surface area (Å²) >= 11 is 0. The molecule has 0 aliphatic heterocycles. The molecule has 1 N–H and O–H groups in total. The van der Waals surface area contributed by atoms with E-state index in [1.54, 1.807) is 6.07 Å². The Morgan fingerprint density at radius 1 is 1.24 bits per heavy atom. The monoisotopic (exact) mass is 392 g/mol. The van der Waals surface area contributed by atoms with Crippen molar-refractivity contribution in [3.05, 3.63) is 52.9 Å². The molecule has 2 aliphatic rings. The number of hydrogen-bond donors (Lipinski definition) is 1. The summed E-state index contributed by atoms with van der Waals surface area (Å²) in [4.78, 5) is 12.9. The van der Waals surface area contributed by atoms with Gasteiger partial charge in [-0.1, -0.05) is 54.6 Å². The molecule has 0 bridgehead atoms. The van der Waals surface area contributed by atoms with Crippen molar-refractivity contribution in [3.8, 4) is 12.3 Å². The van der Waals surface area contributed by atoms with Gasteiger partial charge in [0, 0.05) is 12.0 Å². The largest absolute Gasteiger partial charge is 0.364 e. The topological polar surface area (TPSA) is 64.4 Å². The standard InChI is InChI=1S/C24H28N2O3/c1-2-13-28-16-17-7-6-10-20(14-17)23(19-8-4-3-5-9-19)25-24(27)21-15-22(29-26-21)18-11-12-18/h1,6-7,10,14-15,18-19,23H,3-5,8-9,11-13,16H2,(H,25,27). The van der Waals surface area contributed by atoms with Crippen LogP contribution in [0.1, 0.15) is 84.3 Å². The Hall–Kier alpha value is -2.58. The average Bonchev–Trinajstić information content (AvgIpc) is 3.49. The van der Waals surface area contributed by atoms with E-state index in [0.717, 1.165) is 42.6 Å². The molecule has 1 unspecified atom stereocenters. The van der Waals surface area contributed by atoms with Crippen LogP contribution in [0.4, 0.5) is 0 Å². The third kappa shape index (κ3) is 5.07. The van der Waals surface area contributed by atoms with Crippen LogP contribution < -0.4 is 5.32 Å². The second kappa shape index (κ2) is 9.28. The van der Waals surface area contributed by atoms with Crippen molar-refractivity contribution in [1.82, 2.24) is 10.5 Å². The van der Waals surface area contributed by atoms with E-state index in [4.69, 9.17) is 15.7 Å². The summed E-state index contributed by atoms with van der Waals surface area (Å²) in [7, 11) is 0. The average molecular weight is 392 g/mol. The maximum Gasteiger partial charge on any atom is 0.273 e. The summed E-state index contributed by atoms with van der Waals surface area (Å²) in [5.41, 5.74) is 2.55. The van der Waals surface area contributed by atoms with Crippen LogP contribution in [-0.2, 0) is 11.3 Å². The summed E-state index contributed by atoms with van der Waals surface area (Å²) in [6.45, 7) is 0.764. The zero-order chi connectivity index (χ0) is 20.1. The van der Waals surface area contributed by atoms with E-state index in [9.17, 15) is 4.79 Å². The lowest BCUT2D eigenvalue weighted by Gasteiger charge is -2.31. The van der Waals surface area contributed by atoms with Crippen molar-refractivity contribution >= 4 is 5.91 Å². The lowest BCUT2D eigenvalue weighted by molar-refractivity contribution is 0.0903. The molecule has 0 radical (unpaired) electrons. The van der Waals surface area contributed by atoms with E-state index in [2.05, 4.69) is 28.5 Å². The van der Waals surface area contributed by atoms with Crippen molar-refractivity contribution in [3.63, 3.8) is 0 Å². The Balaban J connectivity index is 1.52. The normalized spacial score (nSPS) is 18.2. The van der Waals surface area contributed by atoms with Gasteiger partial charge in [0.25, 0.3) is 5.91 Å². The number of rotatable bonds is 8. The van der Waals surface area contributed by atoms with Gasteiger partial charge in [0.05, 0.1) is 12.6 Å². The third-order valence-corrected chi connectivity index (χ3v) is 5.91. The number of amides is 1. The van der Waals surface area contributed by atoms with Crippen LogP contribution in [0.25, 0.3) is 0 Å². The number of hydrogen-bond acceptors (Lipinski definition) is 4. The Bertz CT molecular complexity index is 872. The first kappa shape index (κ1) is 19.7. The molecule has 1 amide bonds. The van der Waals surface area contributed by atoms with Gasteiger partial charge in [-0.25, -0.2) is 0 Å². The van der Waals surface area contributed by atoms with Crippen LogP contribution in [0, 0.1) is 18.3 Å². The lowest BCUT2D eigenvalue weighted by Crippen LogP contribution is -2.34. The zero-order valence-electron chi connectivity index (χ0n) is 16.7. The number of terminal acetylenes is 1. The van der Waals surface area contributed by atoms with E-state index in [0.29, 0.717) is 30.7 Å². The van der Waals surface area contributed by atoms with Crippen molar-refractivity contribution in [2.24, 2.45) is 5.92 Å². The van der Waals surface area contributed by atoms with E-state index < -0.39 is 0 Å². The Kier molecular flexibility index (Phi) is 6.31. The molecule has 1 aromatic heterocycles. The van der Waals surface area contributed by atoms with Gasteiger partial charge in [-0.15, -0.1) is 6.42 Å². The SMILES string of the molecule is C#CCOCc1cccc(C(NC(=O)c2cc(C3CC3)on2)C2CCCCC2)c1. The summed E-state index contributed by atoms with van der Waals surface area (Å²) in [6.07, 6.45) is 13.4. The van der Waals surface area contributed by atoms with Gasteiger partial charge in [-0.3, -0.25) is 4.79 Å². The fraction of sp³-hybridized carbons (Fsp3) is 0.500. The van der Waals surface area contributed by atoms with E-state index in [1.165, 1.54) is 19.3 Å². The molecular weight excluding hydrogens is 364 g/mol. The lowest BCUT2D eigenvalue weighted by atomic mass is 9.80. The van der Waals surface area contributed by atoms with Gasteiger partial charge in [0.1, 0.15) is 12.4 Å². The molecule has 2 fully saturated rings. The van der Waals surface area contributed by atoms with Crippen LogP contribution in [0.15, 0.2) is 34.9 Å². The summed E-state index contributed by atoms with van der Waals surface area (Å²) < 4.78 is 10.9. The number of aromatic nitrogens is 1. The number of nitrogens with zero attached hydrogens (tertiary/aromatic N) is 1. The number of carbonyl (C=O) groups excluding carboxylic acids is 1. The quantitative estimate of drug-likeness (QED) is 0.520. The third-order valence-electron chi connectivity index (χ3n) is 5.91. The number of ether oxygens (including phenoxy) is 1. The van der Waals surface area contributed by atoms with E-state index in [-0.39, 0.29) is 11.9 Å². The molecule has 5 heteroatoms. The summed E-state index contributed by atoms with van der Waals surface area (Å²) in [5.74, 6) is 4.02. The molecule has 2 saturated carbocycles. The maximum absolute atomic E-state index is 12.9. The summed E-state index contributed by atoms with van der Waals surface area (Å²) in [6, 6.07) is 10.0. The predicted molar refractivity (Wildman–Crippen MR) is 110 cm³/mol. The van der Waals surface area contributed by atoms with Crippen molar-refractivity contribution in [2.75, 3.05) is 6.61 Å². The molecule has 1 aromatic carbocycles. The minimum Gasteiger partial charge on any atom is -0.364 e. The number of carbonyl (C=O) groups is 1. The minimum absolute atomic E-state index is 0.0449. The highest BCUT2D eigenvalue weighted by Crippen LogP contribution is 2.40. The first-order valence-corrected chi connectivity index (χ1v) is 10.6. The Labute approximate surface area is 172 Å². The van der Waals surface area contributed by atoms with Gasteiger partial charge < -0.3 is 14.6 Å². The number of benzene rings is 1. The highest BCUT2D eigenvalue weighted by molar-refractivity contribution is 5.92. The fourth-order valence-corrected chi connectivity index (χ4v) is 4.22. The maximum atomic E-state index is 12.9. The van der Waals surface area contributed by atoms with Crippen LogP contribution in [0.5, 0.6) is 0 Å². The molecular formula is C24H28N2O3. The van der Waals surface area contributed by atoms with Gasteiger partial charge in [-0.05, 0) is 42.7 Å².